The number of nitrogens with zero attached hydrogens (tertiary/aromatic N) is 2. The Morgan fingerprint density at radius 1 is 1.46 bits per heavy atom. The van der Waals surface area contributed by atoms with Gasteiger partial charge in [0.25, 0.3) is 0 Å². The summed E-state index contributed by atoms with van der Waals surface area (Å²) in [5, 5.41) is 9.90. The van der Waals surface area contributed by atoms with Crippen LogP contribution in [0.1, 0.15) is 5.69 Å². The van der Waals surface area contributed by atoms with Crippen molar-refractivity contribution >= 4 is 28.8 Å². The second-order valence-corrected chi connectivity index (χ2v) is 3.38. The van der Waals surface area contributed by atoms with Crippen LogP contribution in [0.15, 0.2) is 18.3 Å². The van der Waals surface area contributed by atoms with Gasteiger partial charge in [0.05, 0.1) is 12.3 Å². The van der Waals surface area contributed by atoms with Gasteiger partial charge in [-0.3, -0.25) is 0 Å². The third-order valence-corrected chi connectivity index (χ3v) is 2.33. The van der Waals surface area contributed by atoms with Gasteiger partial charge >= 0.3 is 0 Å². The average Bonchev–Trinajstić information content (AvgIpc) is 2.39. The molecule has 0 saturated heterocycles. The van der Waals surface area contributed by atoms with Crippen molar-refractivity contribution in [2.45, 2.75) is 6.61 Å². The van der Waals surface area contributed by atoms with Crippen LogP contribution in [0, 0.1) is 0 Å². The highest BCUT2D eigenvalue weighted by molar-refractivity contribution is 6.31. The minimum Gasteiger partial charge on any atom is -0.390 e. The summed E-state index contributed by atoms with van der Waals surface area (Å²) in [7, 11) is 0. The highest BCUT2D eigenvalue weighted by Crippen LogP contribution is 2.19. The smallest absolute Gasteiger partial charge is 0.153 e. The Kier molecular flexibility index (Phi) is 2.15. The number of imidazole rings is 1. The Morgan fingerprint density at radius 3 is 2.92 bits per heavy atom. The molecule has 5 heteroatoms. The second kappa shape index (κ2) is 3.18. The molecule has 2 heterocycles. The van der Waals surface area contributed by atoms with E-state index in [0.29, 0.717) is 21.5 Å². The zero-order chi connectivity index (χ0) is 9.42. The zero-order valence-corrected chi connectivity index (χ0v) is 8.05. The Labute approximate surface area is 84.5 Å². The lowest BCUT2D eigenvalue weighted by molar-refractivity contribution is 0.276. The first-order chi connectivity index (χ1) is 6.22. The van der Waals surface area contributed by atoms with Gasteiger partial charge < -0.3 is 9.51 Å². The summed E-state index contributed by atoms with van der Waals surface area (Å²) in [6.07, 6.45) is 1.72. The van der Waals surface area contributed by atoms with Gasteiger partial charge in [-0.05, 0) is 6.07 Å². The zero-order valence-electron chi connectivity index (χ0n) is 6.54. The molecular formula is C8H6Cl2N2O. The van der Waals surface area contributed by atoms with E-state index in [0.717, 1.165) is 0 Å². The van der Waals surface area contributed by atoms with Crippen LogP contribution in [0.3, 0.4) is 0 Å². The Balaban J connectivity index is 2.79. The van der Waals surface area contributed by atoms with Crippen LogP contribution in [0.4, 0.5) is 0 Å². The summed E-state index contributed by atoms with van der Waals surface area (Å²) >= 11 is 11.5. The van der Waals surface area contributed by atoms with Gasteiger partial charge in [0, 0.05) is 17.3 Å². The van der Waals surface area contributed by atoms with E-state index in [2.05, 4.69) is 4.98 Å². The van der Waals surface area contributed by atoms with E-state index in [1.54, 1.807) is 22.7 Å². The van der Waals surface area contributed by atoms with Crippen LogP contribution in [0.2, 0.25) is 10.2 Å². The van der Waals surface area contributed by atoms with E-state index in [-0.39, 0.29) is 6.61 Å². The molecule has 0 aliphatic rings. The molecule has 0 atom stereocenters. The Morgan fingerprint density at radius 2 is 2.23 bits per heavy atom. The number of aliphatic hydroxyl groups is 1. The fourth-order valence-electron chi connectivity index (χ4n) is 1.18. The number of aliphatic hydroxyl groups excluding tert-OH is 1. The molecule has 0 aromatic carbocycles. The predicted octanol–water partition coefficient (Wildman–Crippen LogP) is 2.13. The quantitative estimate of drug-likeness (QED) is 0.794. The SMILES string of the molecule is OCc1c(Cl)nc2cc(Cl)ccn12. The average molecular weight is 217 g/mol. The molecule has 0 aliphatic carbocycles. The summed E-state index contributed by atoms with van der Waals surface area (Å²) in [6.45, 7) is -0.137. The van der Waals surface area contributed by atoms with Crippen LogP contribution >= 0.6 is 23.2 Å². The van der Waals surface area contributed by atoms with Crippen LogP contribution in [0.5, 0.6) is 0 Å². The fraction of sp³-hybridized carbons (Fsp3) is 0.125. The Hall–Kier alpha value is -0.770. The Bertz CT molecular complexity index is 453. The molecule has 0 amide bonds. The first-order valence-corrected chi connectivity index (χ1v) is 4.41. The van der Waals surface area contributed by atoms with Gasteiger partial charge in [-0.15, -0.1) is 0 Å². The summed E-state index contributed by atoms with van der Waals surface area (Å²) in [6, 6.07) is 3.40. The molecule has 1 N–H and O–H groups in total. The molecule has 0 saturated carbocycles. The molecular weight excluding hydrogens is 211 g/mol. The van der Waals surface area contributed by atoms with Gasteiger partial charge in [-0.1, -0.05) is 23.2 Å². The van der Waals surface area contributed by atoms with Gasteiger partial charge in [-0.2, -0.15) is 0 Å². The van der Waals surface area contributed by atoms with E-state index in [1.165, 1.54) is 0 Å². The highest BCUT2D eigenvalue weighted by Gasteiger charge is 2.08. The van der Waals surface area contributed by atoms with E-state index in [9.17, 15) is 0 Å². The van der Waals surface area contributed by atoms with Gasteiger partial charge in [0.1, 0.15) is 5.65 Å². The monoisotopic (exact) mass is 216 g/mol. The number of hydrogen-bond acceptors (Lipinski definition) is 2. The van der Waals surface area contributed by atoms with Crippen molar-refractivity contribution in [1.82, 2.24) is 9.38 Å². The summed E-state index contributed by atoms with van der Waals surface area (Å²) < 4.78 is 1.70. The molecule has 0 bridgehead atoms. The van der Waals surface area contributed by atoms with E-state index in [1.807, 2.05) is 0 Å². The number of hydrogen-bond donors (Lipinski definition) is 1. The van der Waals surface area contributed by atoms with Crippen molar-refractivity contribution in [3.63, 3.8) is 0 Å². The highest BCUT2D eigenvalue weighted by atomic mass is 35.5. The van der Waals surface area contributed by atoms with E-state index >= 15 is 0 Å². The van der Waals surface area contributed by atoms with Crippen LogP contribution in [-0.4, -0.2) is 14.5 Å². The molecule has 0 spiro atoms. The maximum atomic E-state index is 9.00. The number of fused-ring (bicyclic) bond motifs is 1. The number of halogens is 2. The standard InChI is InChI=1S/C8H6Cl2N2O/c9-5-1-2-12-6(4-13)8(10)11-7(12)3-5/h1-3,13H,4H2. The maximum absolute atomic E-state index is 9.00. The van der Waals surface area contributed by atoms with E-state index < -0.39 is 0 Å². The normalized spacial score (nSPS) is 11.0. The van der Waals surface area contributed by atoms with Crippen molar-refractivity contribution in [3.05, 3.63) is 34.2 Å². The van der Waals surface area contributed by atoms with E-state index in [4.69, 9.17) is 28.3 Å². The third kappa shape index (κ3) is 1.39. The number of aromatic nitrogens is 2. The lowest BCUT2D eigenvalue weighted by Crippen LogP contribution is -1.91. The minimum atomic E-state index is -0.137. The molecule has 2 aromatic heterocycles. The van der Waals surface area contributed by atoms with Crippen LogP contribution in [0.25, 0.3) is 5.65 Å². The number of pyridine rings is 1. The summed E-state index contributed by atoms with van der Waals surface area (Å²) in [4.78, 5) is 4.03. The lowest BCUT2D eigenvalue weighted by Gasteiger charge is -1.97. The molecule has 2 rings (SSSR count). The molecule has 0 fully saturated rings. The molecule has 0 radical (unpaired) electrons. The lowest BCUT2D eigenvalue weighted by atomic mass is 10.4. The molecule has 3 nitrogen and oxygen atoms in total. The van der Waals surface area contributed by atoms with Gasteiger partial charge in [0.2, 0.25) is 0 Å². The third-order valence-electron chi connectivity index (χ3n) is 1.79. The molecule has 2 aromatic rings. The van der Waals surface area contributed by atoms with Gasteiger partial charge in [-0.25, -0.2) is 4.98 Å². The minimum absolute atomic E-state index is 0.137. The molecule has 0 aliphatic heterocycles. The maximum Gasteiger partial charge on any atom is 0.153 e. The van der Waals surface area contributed by atoms with Crippen molar-refractivity contribution in [2.75, 3.05) is 0 Å². The van der Waals surface area contributed by atoms with Crippen LogP contribution < -0.4 is 0 Å². The van der Waals surface area contributed by atoms with Gasteiger partial charge in [0.15, 0.2) is 5.15 Å². The van der Waals surface area contributed by atoms with Crippen molar-refractivity contribution in [1.29, 1.82) is 0 Å². The molecule has 68 valence electrons. The van der Waals surface area contributed by atoms with Crippen molar-refractivity contribution < 1.29 is 5.11 Å². The first kappa shape index (κ1) is 8.81. The summed E-state index contributed by atoms with van der Waals surface area (Å²) in [5.74, 6) is 0. The predicted molar refractivity (Wildman–Crippen MR) is 51.1 cm³/mol. The van der Waals surface area contributed by atoms with Crippen molar-refractivity contribution in [2.24, 2.45) is 0 Å². The largest absolute Gasteiger partial charge is 0.390 e. The fourth-order valence-corrected chi connectivity index (χ4v) is 1.57. The second-order valence-electron chi connectivity index (χ2n) is 2.58. The summed E-state index contributed by atoms with van der Waals surface area (Å²) in [5.41, 5.74) is 1.22. The molecule has 13 heavy (non-hydrogen) atoms. The first-order valence-electron chi connectivity index (χ1n) is 3.65. The topological polar surface area (TPSA) is 37.5 Å². The van der Waals surface area contributed by atoms with Crippen molar-refractivity contribution in [3.8, 4) is 0 Å². The van der Waals surface area contributed by atoms with Crippen LogP contribution in [-0.2, 0) is 6.61 Å². The molecule has 0 unspecified atom stereocenters. The number of rotatable bonds is 1.